The Morgan fingerprint density at radius 1 is 1.40 bits per heavy atom. The number of carbonyl (C=O) groups is 2. The van der Waals surface area contributed by atoms with Crippen molar-refractivity contribution in [2.75, 3.05) is 20.4 Å². The molecule has 0 aliphatic heterocycles. The lowest BCUT2D eigenvalue weighted by Crippen LogP contribution is -2.23. The summed E-state index contributed by atoms with van der Waals surface area (Å²) in [6, 6.07) is 0. The molecule has 0 amide bonds. The Kier molecular flexibility index (Phi) is 6.86. The first kappa shape index (κ1) is 13.3. The molecule has 15 heavy (non-hydrogen) atoms. The third-order valence-corrected chi connectivity index (χ3v) is 1.56. The second-order valence-corrected chi connectivity index (χ2v) is 2.76. The van der Waals surface area contributed by atoms with Crippen LogP contribution in [0.5, 0.6) is 0 Å². The summed E-state index contributed by atoms with van der Waals surface area (Å²) >= 11 is 0. The van der Waals surface area contributed by atoms with Gasteiger partial charge in [-0.2, -0.15) is 0 Å². The van der Waals surface area contributed by atoms with E-state index >= 15 is 0 Å². The van der Waals surface area contributed by atoms with Crippen molar-refractivity contribution >= 4 is 11.9 Å². The highest BCUT2D eigenvalue weighted by Crippen LogP contribution is 1.98. The van der Waals surface area contributed by atoms with E-state index in [9.17, 15) is 14.5 Å². The zero-order chi connectivity index (χ0) is 11.7. The highest BCUT2D eigenvalue weighted by Gasteiger charge is 2.06. The van der Waals surface area contributed by atoms with Crippen molar-refractivity contribution in [3.8, 4) is 0 Å². The fourth-order valence-corrected chi connectivity index (χ4v) is 0.802. The van der Waals surface area contributed by atoms with Crippen LogP contribution in [-0.4, -0.2) is 37.3 Å². The van der Waals surface area contributed by atoms with Crippen LogP contribution in [0.1, 0.15) is 19.8 Å². The van der Waals surface area contributed by atoms with E-state index < -0.39 is 5.97 Å². The van der Waals surface area contributed by atoms with Gasteiger partial charge >= 0.3 is 11.9 Å². The lowest BCUT2D eigenvalue weighted by atomic mass is 10.3. The van der Waals surface area contributed by atoms with Gasteiger partial charge in [0.15, 0.2) is 6.73 Å². The van der Waals surface area contributed by atoms with Crippen LogP contribution in [0.4, 0.5) is 0 Å². The van der Waals surface area contributed by atoms with E-state index in [0.717, 1.165) is 5.01 Å². The lowest BCUT2D eigenvalue weighted by molar-refractivity contribution is -0.146. The van der Waals surface area contributed by atoms with Gasteiger partial charge in [-0.05, 0) is 6.42 Å². The molecule has 0 unspecified atom stereocenters. The minimum atomic E-state index is -0.489. The number of ether oxygens (including phenoxy) is 2. The molecule has 0 saturated heterocycles. The highest BCUT2D eigenvalue weighted by molar-refractivity contribution is 5.69. The Balaban J connectivity index is 3.65. The zero-order valence-corrected chi connectivity index (χ0v) is 8.76. The van der Waals surface area contributed by atoms with Crippen LogP contribution in [0, 0.1) is 4.91 Å². The van der Waals surface area contributed by atoms with Crippen LogP contribution < -0.4 is 0 Å². The number of carbonyl (C=O) groups excluding carboxylic acids is 2. The molecule has 0 aromatic heterocycles. The van der Waals surface area contributed by atoms with E-state index in [1.54, 1.807) is 0 Å². The molecule has 0 aliphatic rings. The summed E-state index contributed by atoms with van der Waals surface area (Å²) < 4.78 is 8.97. The summed E-state index contributed by atoms with van der Waals surface area (Å²) in [5, 5.41) is 3.65. The summed E-state index contributed by atoms with van der Waals surface area (Å²) in [6.07, 6.45) is 0.613. The van der Waals surface area contributed by atoms with Crippen molar-refractivity contribution < 1.29 is 19.1 Å². The maximum Gasteiger partial charge on any atom is 0.305 e. The monoisotopic (exact) mass is 218 g/mol. The molecule has 0 radical (unpaired) electrons. The topological polar surface area (TPSA) is 85.3 Å². The molecule has 0 atom stereocenters. The van der Waals surface area contributed by atoms with Crippen molar-refractivity contribution in [1.82, 2.24) is 5.01 Å². The Morgan fingerprint density at radius 2 is 2.07 bits per heavy atom. The predicted octanol–water partition coefficient (Wildman–Crippen LogP) is 0.444. The molecule has 0 rings (SSSR count). The molecular weight excluding hydrogens is 204 g/mol. The van der Waals surface area contributed by atoms with Crippen LogP contribution in [0.15, 0.2) is 5.29 Å². The summed E-state index contributed by atoms with van der Waals surface area (Å²) in [7, 11) is 1.29. The van der Waals surface area contributed by atoms with Crippen LogP contribution >= 0.6 is 0 Å². The van der Waals surface area contributed by atoms with Gasteiger partial charge in [0.2, 0.25) is 0 Å². The van der Waals surface area contributed by atoms with E-state index in [1.807, 2.05) is 0 Å². The summed E-state index contributed by atoms with van der Waals surface area (Å²) in [5.74, 6) is -0.843. The van der Waals surface area contributed by atoms with E-state index in [-0.39, 0.29) is 25.7 Å². The summed E-state index contributed by atoms with van der Waals surface area (Å²) in [5.41, 5.74) is 0. The Morgan fingerprint density at radius 3 is 2.53 bits per heavy atom. The Bertz CT molecular complexity index is 231. The Labute approximate surface area is 87.3 Å². The first-order valence-electron chi connectivity index (χ1n) is 4.38. The van der Waals surface area contributed by atoms with Gasteiger partial charge in [-0.3, -0.25) is 9.59 Å². The first-order valence-corrected chi connectivity index (χ1v) is 4.38. The van der Waals surface area contributed by atoms with Gasteiger partial charge in [-0.1, -0.05) is 0 Å². The van der Waals surface area contributed by atoms with Gasteiger partial charge in [0.25, 0.3) is 0 Å². The van der Waals surface area contributed by atoms with Crippen molar-refractivity contribution in [3.05, 3.63) is 4.91 Å². The van der Waals surface area contributed by atoms with Crippen molar-refractivity contribution in [2.45, 2.75) is 19.8 Å². The maximum absolute atomic E-state index is 10.7. The molecule has 0 bridgehead atoms. The van der Waals surface area contributed by atoms with Crippen LogP contribution in [0.3, 0.4) is 0 Å². The number of hydrogen-bond acceptors (Lipinski definition) is 6. The summed E-state index contributed by atoms with van der Waals surface area (Å²) in [6.45, 7) is 1.28. The molecule has 0 heterocycles. The number of nitroso groups, excluding NO2 is 1. The molecule has 0 N–H and O–H groups in total. The SMILES string of the molecule is COC(=O)CCCN(COC(C)=O)N=O. The third-order valence-electron chi connectivity index (χ3n) is 1.56. The van der Waals surface area contributed by atoms with E-state index in [1.165, 1.54) is 14.0 Å². The van der Waals surface area contributed by atoms with Gasteiger partial charge in [-0.25, -0.2) is 5.01 Å². The molecule has 0 saturated carbocycles. The van der Waals surface area contributed by atoms with Crippen molar-refractivity contribution in [2.24, 2.45) is 5.29 Å². The average Bonchev–Trinajstić information content (AvgIpc) is 2.22. The molecule has 0 spiro atoms. The number of esters is 2. The van der Waals surface area contributed by atoms with Gasteiger partial charge in [0.1, 0.15) is 0 Å². The van der Waals surface area contributed by atoms with E-state index in [2.05, 4.69) is 14.8 Å². The third kappa shape index (κ3) is 7.41. The quantitative estimate of drug-likeness (QED) is 0.267. The fourth-order valence-electron chi connectivity index (χ4n) is 0.802. The predicted molar refractivity (Wildman–Crippen MR) is 50.4 cm³/mol. The number of nitrogens with zero attached hydrogens (tertiary/aromatic N) is 2. The number of rotatable bonds is 7. The zero-order valence-electron chi connectivity index (χ0n) is 8.76. The largest absolute Gasteiger partial charge is 0.469 e. The molecule has 86 valence electrons. The standard InChI is InChI=1S/C8H14N2O5/c1-7(11)15-6-10(9-13)5-3-4-8(12)14-2/h3-6H2,1-2H3. The molecule has 0 aromatic rings. The number of methoxy groups -OCH3 is 1. The summed E-state index contributed by atoms with van der Waals surface area (Å²) in [4.78, 5) is 31.4. The minimum Gasteiger partial charge on any atom is -0.469 e. The van der Waals surface area contributed by atoms with Crippen LogP contribution in [0.25, 0.3) is 0 Å². The smallest absolute Gasteiger partial charge is 0.305 e. The van der Waals surface area contributed by atoms with Gasteiger partial charge in [0.05, 0.1) is 12.4 Å². The molecule has 0 aromatic carbocycles. The fraction of sp³-hybridized carbons (Fsp3) is 0.750. The van der Waals surface area contributed by atoms with Gasteiger partial charge in [0, 0.05) is 19.9 Å². The molecule has 7 nitrogen and oxygen atoms in total. The van der Waals surface area contributed by atoms with Crippen LogP contribution in [-0.2, 0) is 19.1 Å². The Hall–Kier alpha value is -1.66. The van der Waals surface area contributed by atoms with E-state index in [4.69, 9.17) is 0 Å². The highest BCUT2D eigenvalue weighted by atomic mass is 16.5. The molecular formula is C8H14N2O5. The van der Waals surface area contributed by atoms with Crippen LogP contribution in [0.2, 0.25) is 0 Å². The molecule has 0 fully saturated rings. The normalized spacial score (nSPS) is 9.20. The van der Waals surface area contributed by atoms with E-state index in [0.29, 0.717) is 6.42 Å². The average molecular weight is 218 g/mol. The molecule has 0 aliphatic carbocycles. The minimum absolute atomic E-state index is 0.194. The first-order chi connectivity index (χ1) is 7.10. The number of hydrogen-bond donors (Lipinski definition) is 0. The maximum atomic E-state index is 10.7. The lowest BCUT2D eigenvalue weighted by Gasteiger charge is -2.13. The van der Waals surface area contributed by atoms with Crippen molar-refractivity contribution in [1.29, 1.82) is 0 Å². The second kappa shape index (κ2) is 7.72. The molecule has 7 heteroatoms. The van der Waals surface area contributed by atoms with Gasteiger partial charge in [-0.15, -0.1) is 4.91 Å². The van der Waals surface area contributed by atoms with Gasteiger partial charge < -0.3 is 9.47 Å². The second-order valence-electron chi connectivity index (χ2n) is 2.76. The van der Waals surface area contributed by atoms with Crippen molar-refractivity contribution in [3.63, 3.8) is 0 Å².